The van der Waals surface area contributed by atoms with Gasteiger partial charge in [-0.1, -0.05) is 74.0 Å². The molecule has 10 nitrogen and oxygen atoms in total. The van der Waals surface area contributed by atoms with Crippen LogP contribution < -0.4 is 23.8 Å². The molecule has 2 amide bonds. The van der Waals surface area contributed by atoms with Gasteiger partial charge >= 0.3 is 0 Å². The normalized spacial score (nSPS) is 11.7. The van der Waals surface area contributed by atoms with Gasteiger partial charge in [-0.2, -0.15) is 0 Å². The minimum Gasteiger partial charge on any atom is -0.497 e. The number of hydrogen-bond donors (Lipinski definition) is 1. The Morgan fingerprint density at radius 2 is 1.44 bits per heavy atom. The van der Waals surface area contributed by atoms with Crippen molar-refractivity contribution >= 4 is 27.5 Å². The Hall–Kier alpha value is -5.03. The molecule has 0 bridgehead atoms. The summed E-state index contributed by atoms with van der Waals surface area (Å²) in [5.41, 5.74) is 1.76. The molecule has 4 rings (SSSR count). The average Bonchev–Trinajstić information content (AvgIpc) is 3.12. The molecule has 0 spiro atoms. The molecule has 0 aliphatic carbocycles. The SMILES string of the molecule is CCCCNC(=O)[C@H](Cc1ccccc1)N(Cc1cccc(OC)c1)C(=O)CN(c1ccc(OC)c(OC)c1)S(=O)(=O)c1ccccc1. The van der Waals surface area contributed by atoms with Crippen LogP contribution in [0.3, 0.4) is 0 Å². The van der Waals surface area contributed by atoms with E-state index in [0.29, 0.717) is 29.4 Å². The smallest absolute Gasteiger partial charge is 0.264 e. The summed E-state index contributed by atoms with van der Waals surface area (Å²) in [6, 6.07) is 28.3. The first-order valence-electron chi connectivity index (χ1n) is 15.8. The minimum absolute atomic E-state index is 0.00470. The molecule has 0 aliphatic rings. The summed E-state index contributed by atoms with van der Waals surface area (Å²) < 4.78 is 45.8. The Morgan fingerprint density at radius 3 is 2.08 bits per heavy atom. The number of methoxy groups -OCH3 is 3. The van der Waals surface area contributed by atoms with Crippen LogP contribution in [0.1, 0.15) is 30.9 Å². The lowest BCUT2D eigenvalue weighted by Gasteiger charge is -2.34. The molecule has 0 fully saturated rings. The van der Waals surface area contributed by atoms with Crippen molar-refractivity contribution in [1.29, 1.82) is 0 Å². The first-order chi connectivity index (χ1) is 23.2. The monoisotopic (exact) mass is 673 g/mol. The molecule has 0 saturated carbocycles. The molecular formula is C37H43N3O7S. The van der Waals surface area contributed by atoms with Crippen LogP contribution in [0.5, 0.6) is 17.2 Å². The van der Waals surface area contributed by atoms with Gasteiger partial charge in [0.15, 0.2) is 11.5 Å². The molecule has 48 heavy (non-hydrogen) atoms. The van der Waals surface area contributed by atoms with Gasteiger partial charge in [-0.15, -0.1) is 0 Å². The zero-order valence-electron chi connectivity index (χ0n) is 27.8. The van der Waals surface area contributed by atoms with E-state index in [-0.39, 0.29) is 29.5 Å². The molecular weight excluding hydrogens is 630 g/mol. The molecule has 4 aromatic carbocycles. The van der Waals surface area contributed by atoms with Gasteiger partial charge in [0.1, 0.15) is 18.3 Å². The lowest BCUT2D eigenvalue weighted by molar-refractivity contribution is -0.140. The molecule has 4 aromatic rings. The fourth-order valence-electron chi connectivity index (χ4n) is 5.26. The van der Waals surface area contributed by atoms with Crippen LogP contribution in [0, 0.1) is 0 Å². The van der Waals surface area contributed by atoms with Gasteiger partial charge in [0, 0.05) is 25.6 Å². The lowest BCUT2D eigenvalue weighted by atomic mass is 10.0. The summed E-state index contributed by atoms with van der Waals surface area (Å²) in [5.74, 6) is 0.383. The molecule has 0 saturated heterocycles. The maximum Gasteiger partial charge on any atom is 0.264 e. The number of ether oxygens (including phenoxy) is 3. The van der Waals surface area contributed by atoms with E-state index in [0.717, 1.165) is 22.7 Å². The highest BCUT2D eigenvalue weighted by atomic mass is 32.2. The molecule has 1 N–H and O–H groups in total. The summed E-state index contributed by atoms with van der Waals surface area (Å²) in [6.45, 7) is 1.91. The number of hydrogen-bond acceptors (Lipinski definition) is 7. The van der Waals surface area contributed by atoms with Crippen LogP contribution in [0.15, 0.2) is 108 Å². The van der Waals surface area contributed by atoms with E-state index < -0.39 is 28.5 Å². The number of unbranched alkanes of at least 4 members (excludes halogenated alkanes) is 1. The maximum absolute atomic E-state index is 14.7. The van der Waals surface area contributed by atoms with Gasteiger partial charge in [0.2, 0.25) is 11.8 Å². The highest BCUT2D eigenvalue weighted by molar-refractivity contribution is 7.92. The van der Waals surface area contributed by atoms with Crippen LogP contribution >= 0.6 is 0 Å². The molecule has 0 aromatic heterocycles. The van der Waals surface area contributed by atoms with Gasteiger partial charge in [0.05, 0.1) is 31.9 Å². The van der Waals surface area contributed by atoms with Crippen LogP contribution in [0.25, 0.3) is 0 Å². The number of nitrogens with one attached hydrogen (secondary N) is 1. The third kappa shape index (κ3) is 9.07. The predicted octanol–water partition coefficient (Wildman–Crippen LogP) is 5.46. The number of sulfonamides is 1. The number of carbonyl (C=O) groups excluding carboxylic acids is 2. The largest absolute Gasteiger partial charge is 0.497 e. The number of benzene rings is 4. The summed E-state index contributed by atoms with van der Waals surface area (Å²) in [4.78, 5) is 30.0. The number of amides is 2. The average molecular weight is 674 g/mol. The maximum atomic E-state index is 14.7. The van der Waals surface area contributed by atoms with Gasteiger partial charge in [-0.05, 0) is 53.9 Å². The van der Waals surface area contributed by atoms with Gasteiger partial charge < -0.3 is 24.4 Å². The molecule has 11 heteroatoms. The standard InChI is InChI=1S/C37H43N3O7S/c1-5-6-22-38-37(42)33(24-28-14-9-7-10-15-28)39(26-29-16-13-17-31(23-29)45-2)36(41)27-40(48(43,44)32-18-11-8-12-19-32)30-20-21-34(46-3)35(25-30)47-4/h7-21,23,25,33H,5-6,22,24,26-27H2,1-4H3,(H,38,42)/t33-/m0/s1. The number of rotatable bonds is 17. The molecule has 0 radical (unpaired) electrons. The van der Waals surface area contributed by atoms with E-state index >= 15 is 0 Å². The molecule has 1 atom stereocenters. The zero-order valence-corrected chi connectivity index (χ0v) is 28.6. The van der Waals surface area contributed by atoms with Crippen LogP contribution in [-0.2, 0) is 32.6 Å². The van der Waals surface area contributed by atoms with Gasteiger partial charge in [0.25, 0.3) is 10.0 Å². The van der Waals surface area contributed by atoms with Crippen molar-refractivity contribution in [2.24, 2.45) is 0 Å². The van der Waals surface area contributed by atoms with Crippen LogP contribution in [0.4, 0.5) is 5.69 Å². The van der Waals surface area contributed by atoms with E-state index in [9.17, 15) is 18.0 Å². The predicted molar refractivity (Wildman–Crippen MR) is 186 cm³/mol. The molecule has 0 aliphatic heterocycles. The second kappa shape index (κ2) is 17.2. The molecule has 254 valence electrons. The fourth-order valence-corrected chi connectivity index (χ4v) is 6.68. The second-order valence-electron chi connectivity index (χ2n) is 11.1. The quantitative estimate of drug-likeness (QED) is 0.148. The van der Waals surface area contributed by atoms with E-state index in [1.807, 2.05) is 43.3 Å². The van der Waals surface area contributed by atoms with Crippen LogP contribution in [0.2, 0.25) is 0 Å². The highest BCUT2D eigenvalue weighted by Gasteiger charge is 2.35. The summed E-state index contributed by atoms with van der Waals surface area (Å²) >= 11 is 0. The minimum atomic E-state index is -4.26. The Bertz CT molecular complexity index is 1750. The Labute approximate surface area is 283 Å². The van der Waals surface area contributed by atoms with E-state index in [1.54, 1.807) is 55.6 Å². The Balaban J connectivity index is 1.83. The Morgan fingerprint density at radius 1 is 0.771 bits per heavy atom. The third-order valence-electron chi connectivity index (χ3n) is 7.85. The highest BCUT2D eigenvalue weighted by Crippen LogP contribution is 2.34. The first kappa shape index (κ1) is 35.8. The first-order valence-corrected chi connectivity index (χ1v) is 17.2. The lowest BCUT2D eigenvalue weighted by Crippen LogP contribution is -2.53. The number of anilines is 1. The van der Waals surface area contributed by atoms with E-state index in [4.69, 9.17) is 14.2 Å². The van der Waals surface area contributed by atoms with E-state index in [2.05, 4.69) is 5.32 Å². The van der Waals surface area contributed by atoms with E-state index in [1.165, 1.54) is 37.3 Å². The van der Waals surface area contributed by atoms with Crippen molar-refractivity contribution in [3.8, 4) is 17.2 Å². The number of carbonyl (C=O) groups is 2. The van der Waals surface area contributed by atoms with Crippen molar-refractivity contribution < 1.29 is 32.2 Å². The number of nitrogens with zero attached hydrogens (tertiary/aromatic N) is 2. The van der Waals surface area contributed by atoms with Crippen LogP contribution in [-0.4, -0.2) is 65.6 Å². The second-order valence-corrected chi connectivity index (χ2v) is 12.9. The topological polar surface area (TPSA) is 114 Å². The fraction of sp³-hybridized carbons (Fsp3) is 0.297. The van der Waals surface area contributed by atoms with Crippen molar-refractivity contribution in [2.45, 2.75) is 43.7 Å². The summed E-state index contributed by atoms with van der Waals surface area (Å²) in [7, 11) is 0.217. The van der Waals surface area contributed by atoms with Crippen molar-refractivity contribution in [3.63, 3.8) is 0 Å². The van der Waals surface area contributed by atoms with Crippen molar-refractivity contribution in [1.82, 2.24) is 10.2 Å². The van der Waals surface area contributed by atoms with Gasteiger partial charge in [-0.3, -0.25) is 13.9 Å². The third-order valence-corrected chi connectivity index (χ3v) is 9.64. The summed E-state index contributed by atoms with van der Waals surface area (Å²) in [6.07, 6.45) is 1.88. The molecule has 0 unspecified atom stereocenters. The van der Waals surface area contributed by atoms with Gasteiger partial charge in [-0.25, -0.2) is 8.42 Å². The zero-order chi connectivity index (χ0) is 34.5. The van der Waals surface area contributed by atoms with Crippen molar-refractivity contribution in [2.75, 3.05) is 38.7 Å². The Kier molecular flexibility index (Phi) is 12.8. The van der Waals surface area contributed by atoms with Crippen molar-refractivity contribution in [3.05, 3.63) is 114 Å². The summed E-state index contributed by atoms with van der Waals surface area (Å²) in [5, 5.41) is 3.00. The molecule has 0 heterocycles.